The van der Waals surface area contributed by atoms with E-state index in [1.165, 1.54) is 11.3 Å². The zero-order valence-corrected chi connectivity index (χ0v) is 15.0. The van der Waals surface area contributed by atoms with Crippen LogP contribution in [0.3, 0.4) is 0 Å². The molecule has 0 saturated carbocycles. The Kier molecular flexibility index (Phi) is 4.84. The van der Waals surface area contributed by atoms with E-state index in [0.29, 0.717) is 12.1 Å². The SMILES string of the molecule is [C-]#[N+]c1ccccc1CC(=O)Cc1nc(-c2sc(C)nc2C)cs1. The summed E-state index contributed by atoms with van der Waals surface area (Å²) < 4.78 is 0. The maximum atomic E-state index is 12.3. The number of nitrogens with zero attached hydrogens (tertiary/aromatic N) is 3. The van der Waals surface area contributed by atoms with Crippen molar-refractivity contribution in [3.63, 3.8) is 0 Å². The highest BCUT2D eigenvalue weighted by atomic mass is 32.1. The third kappa shape index (κ3) is 3.58. The number of thiazole rings is 2. The molecule has 0 spiro atoms. The van der Waals surface area contributed by atoms with Crippen LogP contribution in [0.1, 0.15) is 21.3 Å². The van der Waals surface area contributed by atoms with Gasteiger partial charge in [-0.15, -0.1) is 22.7 Å². The first-order valence-corrected chi connectivity index (χ1v) is 9.12. The van der Waals surface area contributed by atoms with Gasteiger partial charge in [0.2, 0.25) is 0 Å². The van der Waals surface area contributed by atoms with E-state index in [1.807, 2.05) is 37.4 Å². The summed E-state index contributed by atoms with van der Waals surface area (Å²) in [5.74, 6) is 0.0733. The Morgan fingerprint density at radius 2 is 2.00 bits per heavy atom. The fourth-order valence-corrected chi connectivity index (χ4v) is 4.25. The quantitative estimate of drug-likeness (QED) is 0.620. The zero-order chi connectivity index (χ0) is 17.1. The maximum Gasteiger partial charge on any atom is 0.190 e. The minimum absolute atomic E-state index is 0.0733. The van der Waals surface area contributed by atoms with E-state index < -0.39 is 0 Å². The van der Waals surface area contributed by atoms with Crippen molar-refractivity contribution in [2.45, 2.75) is 26.7 Å². The molecule has 0 saturated heterocycles. The van der Waals surface area contributed by atoms with Gasteiger partial charge >= 0.3 is 0 Å². The number of hydrogen-bond donors (Lipinski definition) is 0. The number of benzene rings is 1. The number of ketones is 1. The predicted molar refractivity (Wildman–Crippen MR) is 97.8 cm³/mol. The summed E-state index contributed by atoms with van der Waals surface area (Å²) in [6.07, 6.45) is 0.569. The first-order chi connectivity index (χ1) is 11.6. The lowest BCUT2D eigenvalue weighted by molar-refractivity contribution is -0.117. The summed E-state index contributed by atoms with van der Waals surface area (Å²) in [5.41, 5.74) is 3.20. The van der Waals surface area contributed by atoms with Gasteiger partial charge in [-0.3, -0.25) is 4.79 Å². The highest BCUT2D eigenvalue weighted by molar-refractivity contribution is 7.16. The average Bonchev–Trinajstić information content (AvgIpc) is 3.13. The van der Waals surface area contributed by atoms with Crippen molar-refractivity contribution in [3.05, 3.63) is 62.3 Å². The summed E-state index contributed by atoms with van der Waals surface area (Å²) in [6, 6.07) is 7.25. The molecular formula is C18H15N3OS2. The highest BCUT2D eigenvalue weighted by Crippen LogP contribution is 2.30. The number of hydrogen-bond acceptors (Lipinski definition) is 5. The largest absolute Gasteiger partial charge is 0.299 e. The molecule has 0 N–H and O–H groups in total. The topological polar surface area (TPSA) is 47.2 Å². The van der Waals surface area contributed by atoms with Crippen LogP contribution in [0.5, 0.6) is 0 Å². The molecule has 2 heterocycles. The van der Waals surface area contributed by atoms with Gasteiger partial charge < -0.3 is 0 Å². The molecule has 3 rings (SSSR count). The lowest BCUT2D eigenvalue weighted by Gasteiger charge is -2.02. The molecule has 0 fully saturated rings. The van der Waals surface area contributed by atoms with Gasteiger partial charge in [-0.2, -0.15) is 0 Å². The van der Waals surface area contributed by atoms with E-state index >= 15 is 0 Å². The lowest BCUT2D eigenvalue weighted by Crippen LogP contribution is -2.06. The van der Waals surface area contributed by atoms with Crippen LogP contribution >= 0.6 is 22.7 Å². The molecule has 1 aromatic carbocycles. The van der Waals surface area contributed by atoms with E-state index in [0.717, 1.165) is 31.8 Å². The number of carbonyl (C=O) groups excluding carboxylic acids is 1. The van der Waals surface area contributed by atoms with Gasteiger partial charge in [0.1, 0.15) is 10.8 Å². The molecule has 2 aromatic heterocycles. The van der Waals surface area contributed by atoms with Gasteiger partial charge in [0.15, 0.2) is 5.69 Å². The van der Waals surface area contributed by atoms with Crippen LogP contribution in [-0.2, 0) is 17.6 Å². The van der Waals surface area contributed by atoms with Crippen molar-refractivity contribution in [3.8, 4) is 10.6 Å². The summed E-state index contributed by atoms with van der Waals surface area (Å²) in [4.78, 5) is 25.9. The predicted octanol–water partition coefficient (Wildman–Crippen LogP) is 4.79. The van der Waals surface area contributed by atoms with Gasteiger partial charge in [-0.1, -0.05) is 24.3 Å². The van der Waals surface area contributed by atoms with Gasteiger partial charge in [0.05, 0.1) is 34.3 Å². The molecular weight excluding hydrogens is 338 g/mol. The van der Waals surface area contributed by atoms with Crippen LogP contribution in [0.2, 0.25) is 0 Å². The Balaban J connectivity index is 1.72. The Labute approximate surface area is 148 Å². The smallest absolute Gasteiger partial charge is 0.190 e. The van der Waals surface area contributed by atoms with Gasteiger partial charge in [-0.05, 0) is 19.4 Å². The molecule has 0 aliphatic rings. The minimum Gasteiger partial charge on any atom is -0.299 e. The molecule has 0 bridgehead atoms. The standard InChI is InChI=1S/C18H15N3OS2/c1-11-18(24-12(2)20-11)16-10-23-17(21-16)9-14(22)8-13-6-4-5-7-15(13)19-3/h4-7,10H,8-9H2,1-2H3. The van der Waals surface area contributed by atoms with Crippen LogP contribution in [-0.4, -0.2) is 15.8 Å². The lowest BCUT2D eigenvalue weighted by atomic mass is 10.1. The molecule has 3 aromatic rings. The second-order valence-corrected chi connectivity index (χ2v) is 7.55. The van der Waals surface area contributed by atoms with Gasteiger partial charge in [-0.25, -0.2) is 14.8 Å². The van der Waals surface area contributed by atoms with E-state index in [4.69, 9.17) is 6.57 Å². The van der Waals surface area contributed by atoms with Crippen LogP contribution in [0.25, 0.3) is 15.4 Å². The molecule has 0 atom stereocenters. The van der Waals surface area contributed by atoms with Crippen molar-refractivity contribution in [2.24, 2.45) is 0 Å². The Bertz CT molecular complexity index is 934. The normalized spacial score (nSPS) is 10.5. The van der Waals surface area contributed by atoms with Crippen LogP contribution < -0.4 is 0 Å². The Morgan fingerprint density at radius 1 is 1.21 bits per heavy atom. The fourth-order valence-electron chi connectivity index (χ4n) is 2.48. The first-order valence-electron chi connectivity index (χ1n) is 7.42. The molecule has 0 aliphatic heterocycles. The molecule has 0 radical (unpaired) electrons. The summed E-state index contributed by atoms with van der Waals surface area (Å²) in [7, 11) is 0. The van der Waals surface area contributed by atoms with Crippen molar-refractivity contribution in [1.29, 1.82) is 0 Å². The number of aromatic nitrogens is 2. The molecule has 120 valence electrons. The second-order valence-electron chi connectivity index (χ2n) is 5.41. The van der Waals surface area contributed by atoms with Crippen molar-refractivity contribution >= 4 is 34.1 Å². The molecule has 0 unspecified atom stereocenters. The van der Waals surface area contributed by atoms with E-state index in [2.05, 4.69) is 14.8 Å². The van der Waals surface area contributed by atoms with Crippen LogP contribution in [0.15, 0.2) is 29.6 Å². The minimum atomic E-state index is 0.0733. The number of aryl methyl sites for hydroxylation is 2. The monoisotopic (exact) mass is 353 g/mol. The summed E-state index contributed by atoms with van der Waals surface area (Å²) in [5, 5.41) is 3.81. The summed E-state index contributed by atoms with van der Waals surface area (Å²) >= 11 is 3.12. The zero-order valence-electron chi connectivity index (χ0n) is 13.4. The Hall–Kier alpha value is -2.36. The van der Waals surface area contributed by atoms with E-state index in [1.54, 1.807) is 17.4 Å². The number of carbonyl (C=O) groups is 1. The second kappa shape index (κ2) is 7.04. The number of Topliss-reactive ketones (excluding diaryl/α,β-unsaturated/α-hetero) is 1. The third-order valence-corrected chi connectivity index (χ3v) is 5.48. The van der Waals surface area contributed by atoms with Crippen molar-refractivity contribution in [2.75, 3.05) is 0 Å². The molecule has 24 heavy (non-hydrogen) atoms. The Morgan fingerprint density at radius 3 is 2.71 bits per heavy atom. The van der Waals surface area contributed by atoms with Crippen LogP contribution in [0.4, 0.5) is 5.69 Å². The highest BCUT2D eigenvalue weighted by Gasteiger charge is 2.14. The van der Waals surface area contributed by atoms with Gasteiger partial charge in [0, 0.05) is 11.8 Å². The molecule has 0 amide bonds. The van der Waals surface area contributed by atoms with Gasteiger partial charge in [0.25, 0.3) is 0 Å². The van der Waals surface area contributed by atoms with E-state index in [-0.39, 0.29) is 12.2 Å². The first kappa shape index (κ1) is 16.5. The molecule has 4 nitrogen and oxygen atoms in total. The van der Waals surface area contributed by atoms with Crippen LogP contribution in [0, 0.1) is 20.4 Å². The van der Waals surface area contributed by atoms with Crippen molar-refractivity contribution < 1.29 is 4.79 Å². The average molecular weight is 353 g/mol. The summed E-state index contributed by atoms with van der Waals surface area (Å²) in [6.45, 7) is 11.1. The maximum absolute atomic E-state index is 12.3. The third-order valence-electron chi connectivity index (χ3n) is 3.54. The fraction of sp³-hybridized carbons (Fsp3) is 0.222. The molecule has 6 heteroatoms. The van der Waals surface area contributed by atoms with E-state index in [9.17, 15) is 4.79 Å². The number of para-hydroxylation sites is 1. The molecule has 0 aliphatic carbocycles. The van der Waals surface area contributed by atoms with Crippen molar-refractivity contribution in [1.82, 2.24) is 9.97 Å². The number of rotatable bonds is 5.